The summed E-state index contributed by atoms with van der Waals surface area (Å²) in [5, 5.41) is 9.27. The van der Waals surface area contributed by atoms with Crippen molar-refractivity contribution in [2.75, 3.05) is 7.11 Å². The number of carboxylic acid groups (broad SMARTS) is 1. The molecule has 6 heteroatoms. The molecule has 138 valence electrons. The summed E-state index contributed by atoms with van der Waals surface area (Å²) in [7, 11) is 1.60. The number of para-hydroxylation sites is 2. The minimum absolute atomic E-state index is 0.202. The van der Waals surface area contributed by atoms with Crippen LogP contribution < -0.4 is 9.47 Å². The van der Waals surface area contributed by atoms with Gasteiger partial charge in [-0.3, -0.25) is 4.79 Å². The Morgan fingerprint density at radius 2 is 1.78 bits per heavy atom. The molecule has 0 amide bonds. The molecule has 6 nitrogen and oxygen atoms in total. The molecule has 0 bridgehead atoms. The number of aromatic nitrogens is 2. The average Bonchev–Trinajstić information content (AvgIpc) is 2.72. The molecule has 3 rings (SSSR count). The largest absolute Gasteiger partial charge is 0.496 e. The Bertz CT molecular complexity index is 943. The summed E-state index contributed by atoms with van der Waals surface area (Å²) in [6.45, 7) is 1.84. The van der Waals surface area contributed by atoms with Crippen LogP contribution in [0.25, 0.3) is 11.4 Å². The van der Waals surface area contributed by atoms with Gasteiger partial charge in [0.05, 0.1) is 24.3 Å². The molecule has 1 aromatic heterocycles. The van der Waals surface area contributed by atoms with E-state index in [1.165, 1.54) is 0 Å². The van der Waals surface area contributed by atoms with Crippen molar-refractivity contribution < 1.29 is 19.4 Å². The van der Waals surface area contributed by atoms with E-state index in [-0.39, 0.29) is 6.61 Å². The fourth-order valence-electron chi connectivity index (χ4n) is 2.69. The van der Waals surface area contributed by atoms with Crippen LogP contribution in [0.1, 0.15) is 24.1 Å². The quantitative estimate of drug-likeness (QED) is 0.684. The van der Waals surface area contributed by atoms with Crippen LogP contribution in [0.5, 0.6) is 11.5 Å². The van der Waals surface area contributed by atoms with Crippen LogP contribution in [0.15, 0.2) is 60.8 Å². The molecular formula is C21H20N2O4. The lowest BCUT2D eigenvalue weighted by molar-refractivity contribution is -0.138. The maximum absolute atomic E-state index is 11.3. The highest BCUT2D eigenvalue weighted by atomic mass is 16.5. The maximum Gasteiger partial charge on any atom is 0.310 e. The van der Waals surface area contributed by atoms with Gasteiger partial charge in [-0.2, -0.15) is 0 Å². The van der Waals surface area contributed by atoms with Crippen LogP contribution in [-0.4, -0.2) is 28.2 Å². The first kappa shape index (κ1) is 18.4. The van der Waals surface area contributed by atoms with Crippen molar-refractivity contribution in [1.82, 2.24) is 9.97 Å². The molecule has 1 heterocycles. The van der Waals surface area contributed by atoms with E-state index in [1.54, 1.807) is 44.5 Å². The zero-order valence-electron chi connectivity index (χ0n) is 15.1. The number of ether oxygens (including phenoxy) is 2. The van der Waals surface area contributed by atoms with Gasteiger partial charge in [-0.1, -0.05) is 30.3 Å². The number of hydrogen-bond acceptors (Lipinski definition) is 5. The van der Waals surface area contributed by atoms with E-state index in [0.717, 1.165) is 5.56 Å². The summed E-state index contributed by atoms with van der Waals surface area (Å²) in [6, 6.07) is 16.4. The molecule has 2 aromatic carbocycles. The monoisotopic (exact) mass is 364 g/mol. The van der Waals surface area contributed by atoms with E-state index in [9.17, 15) is 9.90 Å². The first-order valence-electron chi connectivity index (χ1n) is 8.50. The third-order valence-electron chi connectivity index (χ3n) is 4.19. The average molecular weight is 364 g/mol. The Labute approximate surface area is 157 Å². The Hall–Kier alpha value is -3.41. The van der Waals surface area contributed by atoms with E-state index in [1.807, 2.05) is 30.3 Å². The van der Waals surface area contributed by atoms with Gasteiger partial charge in [-0.15, -0.1) is 0 Å². The molecule has 1 unspecified atom stereocenters. The topological polar surface area (TPSA) is 81.5 Å². The summed E-state index contributed by atoms with van der Waals surface area (Å²) >= 11 is 0. The standard InChI is InChI=1S/C21H20N2O4/c1-14(21(24)25)16-7-3-6-10-19(16)27-13-15-11-12-22-20(23-15)17-8-4-5-9-18(17)26-2/h3-12,14H,13H2,1-2H3,(H,24,25). The first-order valence-corrected chi connectivity index (χ1v) is 8.50. The zero-order valence-corrected chi connectivity index (χ0v) is 15.1. The van der Waals surface area contributed by atoms with E-state index in [0.29, 0.717) is 28.6 Å². The van der Waals surface area contributed by atoms with Crippen molar-refractivity contribution in [2.45, 2.75) is 19.4 Å². The smallest absolute Gasteiger partial charge is 0.310 e. The molecule has 1 atom stereocenters. The lowest BCUT2D eigenvalue weighted by atomic mass is 10.0. The number of rotatable bonds is 7. The van der Waals surface area contributed by atoms with Gasteiger partial charge in [0.15, 0.2) is 5.82 Å². The third kappa shape index (κ3) is 4.23. The molecule has 0 fully saturated rings. The molecule has 27 heavy (non-hydrogen) atoms. The second-order valence-electron chi connectivity index (χ2n) is 5.96. The van der Waals surface area contributed by atoms with Crippen molar-refractivity contribution in [3.8, 4) is 22.9 Å². The highest BCUT2D eigenvalue weighted by molar-refractivity contribution is 5.76. The number of carboxylic acids is 1. The predicted molar refractivity (Wildman–Crippen MR) is 101 cm³/mol. The molecule has 1 N–H and O–H groups in total. The summed E-state index contributed by atoms with van der Waals surface area (Å²) < 4.78 is 11.2. The second-order valence-corrected chi connectivity index (χ2v) is 5.96. The Kier molecular flexibility index (Phi) is 5.66. The number of benzene rings is 2. The van der Waals surface area contributed by atoms with Crippen molar-refractivity contribution in [2.24, 2.45) is 0 Å². The number of nitrogens with zero attached hydrogens (tertiary/aromatic N) is 2. The fraction of sp³-hybridized carbons (Fsp3) is 0.190. The number of carbonyl (C=O) groups is 1. The lowest BCUT2D eigenvalue weighted by Crippen LogP contribution is -2.10. The normalized spacial score (nSPS) is 11.6. The first-order chi connectivity index (χ1) is 13.1. The molecule has 0 spiro atoms. The van der Waals surface area contributed by atoms with E-state index in [4.69, 9.17) is 9.47 Å². The van der Waals surface area contributed by atoms with Gasteiger partial charge in [-0.25, -0.2) is 9.97 Å². The SMILES string of the molecule is COc1ccccc1-c1nccc(COc2ccccc2C(C)C(=O)O)n1. The van der Waals surface area contributed by atoms with Crippen LogP contribution in [-0.2, 0) is 11.4 Å². The van der Waals surface area contributed by atoms with Gasteiger partial charge in [0.25, 0.3) is 0 Å². The molecule has 0 aliphatic carbocycles. The zero-order chi connectivity index (χ0) is 19.2. The minimum atomic E-state index is -0.897. The summed E-state index contributed by atoms with van der Waals surface area (Å²) in [5.74, 6) is 0.212. The second kappa shape index (κ2) is 8.31. The van der Waals surface area contributed by atoms with Crippen molar-refractivity contribution in [3.05, 3.63) is 72.1 Å². The van der Waals surface area contributed by atoms with Gasteiger partial charge in [0.1, 0.15) is 18.1 Å². The van der Waals surface area contributed by atoms with Crippen LogP contribution in [0.4, 0.5) is 0 Å². The van der Waals surface area contributed by atoms with E-state index in [2.05, 4.69) is 9.97 Å². The van der Waals surface area contributed by atoms with Gasteiger partial charge < -0.3 is 14.6 Å². The number of aliphatic carboxylic acids is 1. The minimum Gasteiger partial charge on any atom is -0.496 e. The van der Waals surface area contributed by atoms with Crippen LogP contribution in [0.2, 0.25) is 0 Å². The van der Waals surface area contributed by atoms with Crippen LogP contribution in [0, 0.1) is 0 Å². The summed E-state index contributed by atoms with van der Waals surface area (Å²) in [5.41, 5.74) is 2.11. The number of methoxy groups -OCH3 is 1. The van der Waals surface area contributed by atoms with Crippen LogP contribution >= 0.6 is 0 Å². The molecule has 0 aliphatic rings. The lowest BCUT2D eigenvalue weighted by Gasteiger charge is -2.14. The Morgan fingerprint density at radius 1 is 1.07 bits per heavy atom. The Morgan fingerprint density at radius 3 is 2.52 bits per heavy atom. The van der Waals surface area contributed by atoms with Crippen LogP contribution in [0.3, 0.4) is 0 Å². The maximum atomic E-state index is 11.3. The molecule has 3 aromatic rings. The highest BCUT2D eigenvalue weighted by Crippen LogP contribution is 2.28. The van der Waals surface area contributed by atoms with Crippen molar-refractivity contribution >= 4 is 5.97 Å². The Balaban J connectivity index is 1.82. The van der Waals surface area contributed by atoms with Crippen molar-refractivity contribution in [3.63, 3.8) is 0 Å². The van der Waals surface area contributed by atoms with Gasteiger partial charge in [-0.05, 0) is 31.2 Å². The molecule has 0 saturated heterocycles. The highest BCUT2D eigenvalue weighted by Gasteiger charge is 2.18. The van der Waals surface area contributed by atoms with Crippen molar-refractivity contribution in [1.29, 1.82) is 0 Å². The van der Waals surface area contributed by atoms with E-state index < -0.39 is 11.9 Å². The predicted octanol–water partition coefficient (Wildman–Crippen LogP) is 3.92. The number of hydrogen-bond donors (Lipinski definition) is 1. The summed E-state index contributed by atoms with van der Waals surface area (Å²) in [4.78, 5) is 20.2. The molecule has 0 saturated carbocycles. The molecular weight excluding hydrogens is 344 g/mol. The summed E-state index contributed by atoms with van der Waals surface area (Å²) in [6.07, 6.45) is 1.67. The van der Waals surface area contributed by atoms with Gasteiger partial charge >= 0.3 is 5.97 Å². The molecule has 0 radical (unpaired) electrons. The fourth-order valence-corrected chi connectivity index (χ4v) is 2.69. The molecule has 0 aliphatic heterocycles. The van der Waals surface area contributed by atoms with Gasteiger partial charge in [0.2, 0.25) is 0 Å². The van der Waals surface area contributed by atoms with E-state index >= 15 is 0 Å². The third-order valence-corrected chi connectivity index (χ3v) is 4.19. The van der Waals surface area contributed by atoms with Gasteiger partial charge in [0, 0.05) is 11.8 Å².